The minimum absolute atomic E-state index is 0.0885. The molecule has 0 fully saturated rings. The Hall–Kier alpha value is -2.44. The van der Waals surface area contributed by atoms with Gasteiger partial charge in [0.1, 0.15) is 18.6 Å². The molecule has 1 N–H and O–H groups in total. The molecular formula is C16H23N5O2. The molecule has 0 spiro atoms. The number of nitrogens with zero attached hydrogens (tertiary/aromatic N) is 4. The van der Waals surface area contributed by atoms with Crippen LogP contribution in [0, 0.1) is 0 Å². The van der Waals surface area contributed by atoms with Crippen LogP contribution < -0.4 is 10.1 Å². The van der Waals surface area contributed by atoms with Crippen molar-refractivity contribution in [1.82, 2.24) is 25.5 Å². The average Bonchev–Trinajstić information content (AvgIpc) is 2.98. The third kappa shape index (κ3) is 6.06. The number of rotatable bonds is 8. The number of benzene rings is 1. The van der Waals surface area contributed by atoms with Crippen LogP contribution in [0.2, 0.25) is 0 Å². The summed E-state index contributed by atoms with van der Waals surface area (Å²) >= 11 is 0. The lowest BCUT2D eigenvalue weighted by Crippen LogP contribution is -2.35. The van der Waals surface area contributed by atoms with Crippen LogP contribution in [-0.2, 0) is 17.8 Å². The Balaban J connectivity index is 1.73. The van der Waals surface area contributed by atoms with Crippen molar-refractivity contribution < 1.29 is 9.53 Å². The van der Waals surface area contributed by atoms with Gasteiger partial charge in [-0.2, -0.15) is 0 Å². The van der Waals surface area contributed by atoms with Gasteiger partial charge in [0.25, 0.3) is 0 Å². The van der Waals surface area contributed by atoms with E-state index in [-0.39, 0.29) is 24.6 Å². The van der Waals surface area contributed by atoms with Gasteiger partial charge in [-0.05, 0) is 61.7 Å². The molecule has 0 aliphatic heterocycles. The minimum atomic E-state index is -0.0921. The van der Waals surface area contributed by atoms with Crippen molar-refractivity contribution >= 4 is 5.91 Å². The average molecular weight is 317 g/mol. The van der Waals surface area contributed by atoms with E-state index in [1.807, 2.05) is 32.9 Å². The predicted molar refractivity (Wildman–Crippen MR) is 85.9 cm³/mol. The van der Waals surface area contributed by atoms with Crippen molar-refractivity contribution in [3.8, 4) is 5.75 Å². The van der Waals surface area contributed by atoms with Gasteiger partial charge in [-0.3, -0.25) is 4.79 Å². The molecule has 7 nitrogen and oxygen atoms in total. The number of aromatic nitrogens is 4. The van der Waals surface area contributed by atoms with E-state index >= 15 is 0 Å². The van der Waals surface area contributed by atoms with Crippen LogP contribution in [0.25, 0.3) is 0 Å². The van der Waals surface area contributed by atoms with Crippen molar-refractivity contribution in [2.75, 3.05) is 0 Å². The van der Waals surface area contributed by atoms with Gasteiger partial charge in [-0.15, -0.1) is 5.10 Å². The summed E-state index contributed by atoms with van der Waals surface area (Å²) in [6, 6.07) is 8.18. The zero-order valence-corrected chi connectivity index (χ0v) is 13.8. The molecule has 0 saturated heterocycles. The Morgan fingerprint density at radius 2 is 2.00 bits per heavy atom. The summed E-state index contributed by atoms with van der Waals surface area (Å²) in [4.78, 5) is 11.8. The fraction of sp³-hybridized carbons (Fsp3) is 0.500. The van der Waals surface area contributed by atoms with Crippen LogP contribution in [-0.4, -0.2) is 38.3 Å². The lowest BCUT2D eigenvalue weighted by atomic mass is 10.1. The molecule has 0 bridgehead atoms. The fourth-order valence-corrected chi connectivity index (χ4v) is 2.18. The van der Waals surface area contributed by atoms with Crippen molar-refractivity contribution in [3.63, 3.8) is 0 Å². The molecule has 0 aliphatic rings. The maximum absolute atomic E-state index is 11.8. The Kier molecular flexibility index (Phi) is 6.08. The molecule has 1 aromatic heterocycles. The van der Waals surface area contributed by atoms with E-state index in [9.17, 15) is 4.79 Å². The summed E-state index contributed by atoms with van der Waals surface area (Å²) in [6.45, 7) is 6.15. The number of aryl methyl sites for hydroxylation is 1. The number of ether oxygens (including phenoxy) is 1. The van der Waals surface area contributed by atoms with E-state index in [1.54, 1.807) is 0 Å². The molecule has 23 heavy (non-hydrogen) atoms. The first kappa shape index (κ1) is 16.9. The second kappa shape index (κ2) is 8.26. The van der Waals surface area contributed by atoms with E-state index in [2.05, 4.69) is 33.0 Å². The van der Waals surface area contributed by atoms with Gasteiger partial charge in [0.15, 0.2) is 0 Å². The standard InChI is InChI=1S/C16H23N5O2/c1-12(2)23-15-8-6-14(7-9-15)5-4-13(3)18-16(22)10-21-11-17-19-20-21/h6-9,11-13H,4-5,10H2,1-3H3,(H,18,22). The molecule has 1 atom stereocenters. The minimum Gasteiger partial charge on any atom is -0.491 e. The van der Waals surface area contributed by atoms with E-state index in [4.69, 9.17) is 4.74 Å². The number of hydrogen-bond acceptors (Lipinski definition) is 5. The van der Waals surface area contributed by atoms with Gasteiger partial charge >= 0.3 is 0 Å². The highest BCUT2D eigenvalue weighted by molar-refractivity contribution is 5.75. The highest BCUT2D eigenvalue weighted by atomic mass is 16.5. The van der Waals surface area contributed by atoms with Gasteiger partial charge in [0, 0.05) is 6.04 Å². The Labute approximate surface area is 136 Å². The van der Waals surface area contributed by atoms with Gasteiger partial charge in [0.2, 0.25) is 5.91 Å². The highest BCUT2D eigenvalue weighted by Crippen LogP contribution is 2.15. The normalized spacial score (nSPS) is 12.2. The summed E-state index contributed by atoms with van der Waals surface area (Å²) in [5.74, 6) is 0.789. The smallest absolute Gasteiger partial charge is 0.242 e. The van der Waals surface area contributed by atoms with E-state index in [1.165, 1.54) is 16.6 Å². The van der Waals surface area contributed by atoms with E-state index in [0.29, 0.717) is 0 Å². The monoisotopic (exact) mass is 317 g/mol. The summed E-state index contributed by atoms with van der Waals surface area (Å²) in [5.41, 5.74) is 1.22. The Bertz CT molecular complexity index is 595. The lowest BCUT2D eigenvalue weighted by molar-refractivity contribution is -0.122. The SMILES string of the molecule is CC(CCc1ccc(OC(C)C)cc1)NC(=O)Cn1cnnn1. The van der Waals surface area contributed by atoms with Crippen molar-refractivity contribution in [3.05, 3.63) is 36.2 Å². The molecule has 1 aromatic carbocycles. The maximum atomic E-state index is 11.8. The van der Waals surface area contributed by atoms with Crippen molar-refractivity contribution in [2.45, 2.75) is 52.3 Å². The van der Waals surface area contributed by atoms with Crippen LogP contribution in [0.15, 0.2) is 30.6 Å². The summed E-state index contributed by atoms with van der Waals surface area (Å²) < 4.78 is 7.02. The number of nitrogens with one attached hydrogen (secondary N) is 1. The highest BCUT2D eigenvalue weighted by Gasteiger charge is 2.09. The Morgan fingerprint density at radius 1 is 1.26 bits per heavy atom. The lowest BCUT2D eigenvalue weighted by Gasteiger charge is -2.14. The zero-order chi connectivity index (χ0) is 16.7. The number of amides is 1. The second-order valence-electron chi connectivity index (χ2n) is 5.83. The largest absolute Gasteiger partial charge is 0.491 e. The molecule has 2 aromatic rings. The molecule has 0 aliphatic carbocycles. The van der Waals surface area contributed by atoms with E-state index in [0.717, 1.165) is 18.6 Å². The zero-order valence-electron chi connectivity index (χ0n) is 13.8. The molecule has 0 radical (unpaired) electrons. The van der Waals surface area contributed by atoms with Gasteiger partial charge in [-0.1, -0.05) is 12.1 Å². The topological polar surface area (TPSA) is 81.9 Å². The molecule has 1 unspecified atom stereocenters. The maximum Gasteiger partial charge on any atom is 0.242 e. The molecular weight excluding hydrogens is 294 g/mol. The van der Waals surface area contributed by atoms with Gasteiger partial charge in [0.05, 0.1) is 6.10 Å². The number of carbonyl (C=O) groups is 1. The first-order valence-corrected chi connectivity index (χ1v) is 7.78. The van der Waals surface area contributed by atoms with Crippen LogP contribution >= 0.6 is 0 Å². The van der Waals surface area contributed by atoms with Crippen LogP contribution in [0.5, 0.6) is 5.75 Å². The van der Waals surface area contributed by atoms with Crippen LogP contribution in [0.4, 0.5) is 0 Å². The van der Waals surface area contributed by atoms with Crippen molar-refractivity contribution in [2.24, 2.45) is 0 Å². The predicted octanol–water partition coefficient (Wildman–Crippen LogP) is 1.60. The summed E-state index contributed by atoms with van der Waals surface area (Å²) in [7, 11) is 0. The molecule has 124 valence electrons. The quantitative estimate of drug-likeness (QED) is 0.799. The number of carbonyl (C=O) groups excluding carboxylic acids is 1. The van der Waals surface area contributed by atoms with Gasteiger partial charge < -0.3 is 10.1 Å². The van der Waals surface area contributed by atoms with E-state index < -0.39 is 0 Å². The first-order chi connectivity index (χ1) is 11.0. The van der Waals surface area contributed by atoms with Crippen LogP contribution in [0.1, 0.15) is 32.8 Å². The molecule has 2 rings (SSSR count). The fourth-order valence-electron chi connectivity index (χ4n) is 2.18. The first-order valence-electron chi connectivity index (χ1n) is 7.78. The summed E-state index contributed by atoms with van der Waals surface area (Å²) in [6.07, 6.45) is 3.36. The summed E-state index contributed by atoms with van der Waals surface area (Å²) in [5, 5.41) is 13.6. The molecule has 7 heteroatoms. The number of hydrogen-bond donors (Lipinski definition) is 1. The third-order valence-electron chi connectivity index (χ3n) is 3.27. The van der Waals surface area contributed by atoms with Crippen molar-refractivity contribution in [1.29, 1.82) is 0 Å². The second-order valence-corrected chi connectivity index (χ2v) is 5.83. The molecule has 1 amide bonds. The van der Waals surface area contributed by atoms with Gasteiger partial charge in [-0.25, -0.2) is 4.68 Å². The van der Waals surface area contributed by atoms with Crippen LogP contribution in [0.3, 0.4) is 0 Å². The Morgan fingerprint density at radius 3 is 2.61 bits per heavy atom. The number of tetrazole rings is 1. The molecule has 1 heterocycles. The molecule has 0 saturated carbocycles. The third-order valence-corrected chi connectivity index (χ3v) is 3.27.